The van der Waals surface area contributed by atoms with Gasteiger partial charge in [0.2, 0.25) is 5.78 Å². The molecule has 0 heterocycles. The van der Waals surface area contributed by atoms with E-state index in [9.17, 15) is 9.59 Å². The Morgan fingerprint density at radius 2 is 1.64 bits per heavy atom. The minimum atomic E-state index is -1.15. The zero-order chi connectivity index (χ0) is 10.8. The van der Waals surface area contributed by atoms with Gasteiger partial charge in [0.25, 0.3) is 0 Å². The molecule has 0 atom stereocenters. The van der Waals surface area contributed by atoms with Crippen LogP contribution in [0.15, 0.2) is 0 Å². The Labute approximate surface area is 84.2 Å². The van der Waals surface area contributed by atoms with Crippen molar-refractivity contribution in [2.24, 2.45) is 0 Å². The smallest absolute Gasteiger partial charge is 0.292 e. The van der Waals surface area contributed by atoms with Crippen molar-refractivity contribution >= 4 is 11.8 Å². The average molecular weight is 202 g/mol. The second-order valence-electron chi connectivity index (χ2n) is 3.32. The fraction of sp³-hybridized carbons (Fsp3) is 0.800. The Kier molecular flexibility index (Phi) is 8.13. The van der Waals surface area contributed by atoms with Crippen LogP contribution in [-0.4, -0.2) is 17.0 Å². The van der Waals surface area contributed by atoms with Gasteiger partial charge in [0.05, 0.1) is 0 Å². The summed E-state index contributed by atoms with van der Waals surface area (Å²) >= 11 is 0. The maximum atomic E-state index is 10.8. The van der Waals surface area contributed by atoms with Crippen molar-refractivity contribution in [2.75, 3.05) is 0 Å². The predicted octanol–water partition coefficient (Wildman–Crippen LogP) is 2.32. The van der Waals surface area contributed by atoms with E-state index in [0.717, 1.165) is 12.8 Å². The van der Waals surface area contributed by atoms with Gasteiger partial charge in [0, 0.05) is 6.42 Å². The molecular formula is C10H18O4. The van der Waals surface area contributed by atoms with E-state index in [1.165, 1.54) is 19.3 Å². The molecule has 0 fully saturated rings. The summed E-state index contributed by atoms with van der Waals surface area (Å²) < 4.78 is 0. The molecule has 0 amide bonds. The van der Waals surface area contributed by atoms with Gasteiger partial charge in [-0.25, -0.2) is 4.79 Å². The van der Waals surface area contributed by atoms with E-state index in [4.69, 9.17) is 5.26 Å². The second kappa shape index (κ2) is 8.69. The molecule has 14 heavy (non-hydrogen) atoms. The molecule has 0 spiro atoms. The Hall–Kier alpha value is -0.900. The van der Waals surface area contributed by atoms with Gasteiger partial charge in [-0.15, -0.1) is 0 Å². The fourth-order valence-corrected chi connectivity index (χ4v) is 1.22. The molecular weight excluding hydrogens is 184 g/mol. The van der Waals surface area contributed by atoms with Crippen LogP contribution >= 0.6 is 0 Å². The summed E-state index contributed by atoms with van der Waals surface area (Å²) in [5.41, 5.74) is 0. The highest BCUT2D eigenvalue weighted by Gasteiger charge is 2.13. The molecule has 0 unspecified atom stereocenters. The lowest BCUT2D eigenvalue weighted by molar-refractivity contribution is -0.232. The fourth-order valence-electron chi connectivity index (χ4n) is 1.22. The van der Waals surface area contributed by atoms with Crippen molar-refractivity contribution in [3.05, 3.63) is 0 Å². The zero-order valence-electron chi connectivity index (χ0n) is 8.62. The summed E-state index contributed by atoms with van der Waals surface area (Å²) in [5, 5.41) is 7.91. The molecule has 0 rings (SSSR count). The summed E-state index contributed by atoms with van der Waals surface area (Å²) in [4.78, 5) is 24.6. The van der Waals surface area contributed by atoms with Crippen molar-refractivity contribution in [3.63, 3.8) is 0 Å². The standard InChI is InChI=1S/C10H18O4/c1-2-3-4-5-6-7-8-9(11)10(12)14-13/h13H,2-8H2,1H3. The molecule has 0 aliphatic rings. The lowest BCUT2D eigenvalue weighted by Gasteiger charge is -1.98. The van der Waals surface area contributed by atoms with Crippen LogP contribution < -0.4 is 0 Å². The van der Waals surface area contributed by atoms with Crippen LogP contribution in [0.2, 0.25) is 0 Å². The van der Waals surface area contributed by atoms with Crippen molar-refractivity contribution in [3.8, 4) is 0 Å². The maximum Gasteiger partial charge on any atom is 0.408 e. The first-order valence-corrected chi connectivity index (χ1v) is 5.11. The topological polar surface area (TPSA) is 63.6 Å². The third-order valence-corrected chi connectivity index (χ3v) is 2.07. The van der Waals surface area contributed by atoms with Crippen molar-refractivity contribution in [1.29, 1.82) is 0 Å². The molecule has 0 aromatic rings. The molecule has 0 saturated heterocycles. The first kappa shape index (κ1) is 13.1. The largest absolute Gasteiger partial charge is 0.408 e. The monoisotopic (exact) mass is 202 g/mol. The van der Waals surface area contributed by atoms with E-state index >= 15 is 0 Å². The van der Waals surface area contributed by atoms with Gasteiger partial charge in [0.15, 0.2) is 0 Å². The first-order chi connectivity index (χ1) is 6.72. The van der Waals surface area contributed by atoms with Gasteiger partial charge in [-0.1, -0.05) is 39.0 Å². The van der Waals surface area contributed by atoms with Crippen LogP contribution in [0.25, 0.3) is 0 Å². The highest BCUT2D eigenvalue weighted by molar-refractivity contribution is 6.33. The maximum absolute atomic E-state index is 10.8. The molecule has 0 saturated carbocycles. The van der Waals surface area contributed by atoms with E-state index in [0.29, 0.717) is 6.42 Å². The summed E-state index contributed by atoms with van der Waals surface area (Å²) in [7, 11) is 0. The van der Waals surface area contributed by atoms with Gasteiger partial charge in [-0.05, 0) is 6.42 Å². The van der Waals surface area contributed by atoms with Crippen molar-refractivity contribution in [2.45, 2.75) is 51.9 Å². The quantitative estimate of drug-likeness (QED) is 0.284. The molecule has 0 aliphatic carbocycles. The number of Topliss-reactive ketones (excluding diaryl/α,β-unsaturated/α-hetero) is 1. The number of rotatable bonds is 8. The Morgan fingerprint density at radius 3 is 2.21 bits per heavy atom. The van der Waals surface area contributed by atoms with Crippen molar-refractivity contribution < 1.29 is 19.7 Å². The Balaban J connectivity index is 3.27. The van der Waals surface area contributed by atoms with E-state index < -0.39 is 11.8 Å². The molecule has 0 aliphatic heterocycles. The summed E-state index contributed by atoms with van der Waals surface area (Å²) in [6, 6.07) is 0. The van der Waals surface area contributed by atoms with Gasteiger partial charge in [-0.2, -0.15) is 5.26 Å². The minimum absolute atomic E-state index is 0.172. The minimum Gasteiger partial charge on any atom is -0.292 e. The van der Waals surface area contributed by atoms with Gasteiger partial charge in [0.1, 0.15) is 0 Å². The second-order valence-corrected chi connectivity index (χ2v) is 3.32. The number of hydrogen-bond acceptors (Lipinski definition) is 4. The number of ketones is 1. The van der Waals surface area contributed by atoms with Crippen LogP contribution in [0.4, 0.5) is 0 Å². The van der Waals surface area contributed by atoms with Gasteiger partial charge < -0.3 is 0 Å². The van der Waals surface area contributed by atoms with E-state index in [-0.39, 0.29) is 6.42 Å². The normalized spacial score (nSPS) is 9.86. The lowest BCUT2D eigenvalue weighted by atomic mass is 10.1. The van der Waals surface area contributed by atoms with E-state index in [2.05, 4.69) is 11.8 Å². The first-order valence-electron chi connectivity index (χ1n) is 5.11. The molecule has 82 valence electrons. The average Bonchev–Trinajstić information content (AvgIpc) is 2.21. The molecule has 4 nitrogen and oxygen atoms in total. The number of hydrogen-bond donors (Lipinski definition) is 1. The molecule has 0 bridgehead atoms. The van der Waals surface area contributed by atoms with E-state index in [1.807, 2.05) is 0 Å². The summed E-state index contributed by atoms with van der Waals surface area (Å²) in [6.45, 7) is 2.14. The van der Waals surface area contributed by atoms with Crippen LogP contribution in [-0.2, 0) is 14.5 Å². The van der Waals surface area contributed by atoms with Crippen LogP contribution in [0.1, 0.15) is 51.9 Å². The molecule has 0 aromatic carbocycles. The third kappa shape index (κ3) is 6.60. The van der Waals surface area contributed by atoms with Crippen molar-refractivity contribution in [1.82, 2.24) is 0 Å². The van der Waals surface area contributed by atoms with Crippen LogP contribution in [0.3, 0.4) is 0 Å². The molecule has 0 aromatic heterocycles. The highest BCUT2D eigenvalue weighted by Crippen LogP contribution is 2.07. The summed E-state index contributed by atoms with van der Waals surface area (Å²) in [6.07, 6.45) is 6.49. The SMILES string of the molecule is CCCCCCCCC(=O)C(=O)OO. The molecule has 1 N–H and O–H groups in total. The highest BCUT2D eigenvalue weighted by atomic mass is 17.1. The number of carbonyl (C=O) groups is 2. The lowest BCUT2D eigenvalue weighted by Crippen LogP contribution is -2.15. The third-order valence-electron chi connectivity index (χ3n) is 2.07. The van der Waals surface area contributed by atoms with E-state index in [1.54, 1.807) is 0 Å². The van der Waals surface area contributed by atoms with Crippen LogP contribution in [0, 0.1) is 0 Å². The number of unbranched alkanes of at least 4 members (excludes halogenated alkanes) is 5. The number of carbonyl (C=O) groups excluding carboxylic acids is 2. The zero-order valence-corrected chi connectivity index (χ0v) is 8.62. The molecule has 0 radical (unpaired) electrons. The molecule has 4 heteroatoms. The summed E-state index contributed by atoms with van der Waals surface area (Å²) in [5.74, 6) is -1.80. The van der Waals surface area contributed by atoms with Crippen LogP contribution in [0.5, 0.6) is 0 Å². The Morgan fingerprint density at radius 1 is 1.07 bits per heavy atom. The van der Waals surface area contributed by atoms with Gasteiger partial charge >= 0.3 is 5.97 Å². The predicted molar refractivity (Wildman–Crippen MR) is 51.7 cm³/mol. The Bertz CT molecular complexity index is 177. The van der Waals surface area contributed by atoms with Gasteiger partial charge in [-0.3, -0.25) is 9.68 Å².